The minimum absolute atomic E-state index is 0.0220. The number of nitrogens with one attached hydrogen (secondary N) is 1. The highest BCUT2D eigenvalue weighted by atomic mass is 16.7. The van der Waals surface area contributed by atoms with E-state index in [1.165, 1.54) is 11.1 Å². The zero-order valence-corrected chi connectivity index (χ0v) is 13.0. The number of aryl methyl sites for hydroxylation is 2. The summed E-state index contributed by atoms with van der Waals surface area (Å²) in [5, 5.41) is 18.4. The van der Waals surface area contributed by atoms with E-state index in [2.05, 4.69) is 10.4 Å². The molecule has 1 saturated heterocycles. The van der Waals surface area contributed by atoms with Gasteiger partial charge in [-0.15, -0.1) is 0 Å². The summed E-state index contributed by atoms with van der Waals surface area (Å²) in [4.78, 5) is 10.7. The second-order valence-corrected chi connectivity index (χ2v) is 6.07. The topological polar surface area (TPSA) is 91.5 Å². The second kappa shape index (κ2) is 5.85. The van der Waals surface area contributed by atoms with E-state index in [1.54, 1.807) is 14.0 Å². The molecule has 2 aliphatic rings. The van der Waals surface area contributed by atoms with Crippen LogP contribution in [0.3, 0.4) is 0 Å². The molecule has 1 atom stereocenters. The Labute approximate surface area is 128 Å². The van der Waals surface area contributed by atoms with Crippen molar-refractivity contribution in [3.63, 3.8) is 0 Å². The highest BCUT2D eigenvalue weighted by Crippen LogP contribution is 2.38. The van der Waals surface area contributed by atoms with E-state index in [9.17, 15) is 10.1 Å². The lowest BCUT2D eigenvalue weighted by molar-refractivity contribution is -0.384. The van der Waals surface area contributed by atoms with Crippen molar-refractivity contribution in [2.75, 3.05) is 18.5 Å². The van der Waals surface area contributed by atoms with Crippen molar-refractivity contribution in [2.24, 2.45) is 7.05 Å². The number of hydrogen-bond donors (Lipinski definition) is 1. The third-order valence-corrected chi connectivity index (χ3v) is 4.40. The highest BCUT2D eigenvalue weighted by molar-refractivity contribution is 5.59. The Morgan fingerprint density at radius 2 is 2.18 bits per heavy atom. The van der Waals surface area contributed by atoms with Gasteiger partial charge in [0.15, 0.2) is 5.79 Å². The van der Waals surface area contributed by atoms with Gasteiger partial charge in [-0.05, 0) is 19.8 Å². The first-order valence-corrected chi connectivity index (χ1v) is 7.74. The van der Waals surface area contributed by atoms with Crippen LogP contribution in [0, 0.1) is 17.0 Å². The number of hydrogen-bond acceptors (Lipinski definition) is 6. The minimum atomic E-state index is -0.418. The number of aromatic nitrogens is 2. The van der Waals surface area contributed by atoms with Crippen molar-refractivity contribution < 1.29 is 14.4 Å². The largest absolute Gasteiger partial charge is 0.362 e. The fourth-order valence-corrected chi connectivity index (χ4v) is 3.34. The van der Waals surface area contributed by atoms with Crippen molar-refractivity contribution in [3.8, 4) is 0 Å². The summed E-state index contributed by atoms with van der Waals surface area (Å²) in [6.45, 7) is 2.63. The van der Waals surface area contributed by atoms with Gasteiger partial charge >= 0.3 is 5.69 Å². The third-order valence-electron chi connectivity index (χ3n) is 4.40. The van der Waals surface area contributed by atoms with Gasteiger partial charge in [0, 0.05) is 26.4 Å². The summed E-state index contributed by atoms with van der Waals surface area (Å²) >= 11 is 0. The summed E-state index contributed by atoms with van der Waals surface area (Å²) in [6, 6.07) is 0. The van der Waals surface area contributed by atoms with Gasteiger partial charge in [-0.25, -0.2) is 4.68 Å². The highest BCUT2D eigenvalue weighted by Gasteiger charge is 2.42. The van der Waals surface area contributed by atoms with Gasteiger partial charge in [-0.1, -0.05) is 6.42 Å². The number of ether oxygens (including phenoxy) is 2. The van der Waals surface area contributed by atoms with E-state index in [1.807, 2.05) is 0 Å². The predicted molar refractivity (Wildman–Crippen MR) is 79.7 cm³/mol. The second-order valence-electron chi connectivity index (χ2n) is 6.07. The van der Waals surface area contributed by atoms with Crippen LogP contribution >= 0.6 is 0 Å². The zero-order valence-electron chi connectivity index (χ0n) is 13.0. The van der Waals surface area contributed by atoms with Gasteiger partial charge in [0.05, 0.1) is 11.5 Å². The van der Waals surface area contributed by atoms with Crippen LogP contribution in [-0.2, 0) is 16.5 Å². The first-order valence-electron chi connectivity index (χ1n) is 7.74. The fourth-order valence-electron chi connectivity index (χ4n) is 3.34. The van der Waals surface area contributed by atoms with Gasteiger partial charge < -0.3 is 14.8 Å². The molecule has 1 saturated carbocycles. The molecule has 8 heteroatoms. The number of nitrogens with zero attached hydrogens (tertiary/aromatic N) is 3. The summed E-state index contributed by atoms with van der Waals surface area (Å²) < 4.78 is 13.5. The molecule has 0 radical (unpaired) electrons. The molecule has 3 rings (SSSR count). The Hall–Kier alpha value is -1.67. The lowest BCUT2D eigenvalue weighted by atomic mass is 9.94. The molecule has 122 valence electrons. The van der Waals surface area contributed by atoms with Crippen molar-refractivity contribution in [1.29, 1.82) is 0 Å². The van der Waals surface area contributed by atoms with Crippen LogP contribution in [0.2, 0.25) is 0 Å². The molecule has 1 aliphatic heterocycles. The van der Waals surface area contributed by atoms with E-state index in [4.69, 9.17) is 9.47 Å². The van der Waals surface area contributed by atoms with Crippen molar-refractivity contribution in [2.45, 2.75) is 50.9 Å². The molecule has 1 spiro atoms. The molecule has 1 aromatic rings. The van der Waals surface area contributed by atoms with E-state index in [0.29, 0.717) is 24.7 Å². The molecule has 2 fully saturated rings. The van der Waals surface area contributed by atoms with Crippen molar-refractivity contribution in [1.82, 2.24) is 9.78 Å². The Kier molecular flexibility index (Phi) is 4.05. The maximum atomic E-state index is 11.2. The molecule has 1 aromatic heterocycles. The van der Waals surface area contributed by atoms with Gasteiger partial charge in [0.1, 0.15) is 11.8 Å². The number of anilines is 1. The first-order chi connectivity index (χ1) is 10.5. The van der Waals surface area contributed by atoms with Gasteiger partial charge in [0.2, 0.25) is 5.82 Å². The lowest BCUT2D eigenvalue weighted by Crippen LogP contribution is -2.34. The van der Waals surface area contributed by atoms with Crippen LogP contribution < -0.4 is 5.32 Å². The maximum absolute atomic E-state index is 11.2. The standard InChI is InChI=1S/C14H22N4O4/c1-10-12(18(19)20)13(17(2)16-10)15-8-11-9-21-14(22-11)6-4-3-5-7-14/h11,15H,3-9H2,1-2H3/t11-/m1/s1. The van der Waals surface area contributed by atoms with E-state index in [-0.39, 0.29) is 11.8 Å². The van der Waals surface area contributed by atoms with Crippen LogP contribution in [-0.4, -0.2) is 39.7 Å². The Balaban J connectivity index is 1.63. The summed E-state index contributed by atoms with van der Waals surface area (Å²) in [6.07, 6.45) is 5.29. The Bertz CT molecular complexity index is 565. The molecular weight excluding hydrogens is 288 g/mol. The van der Waals surface area contributed by atoms with E-state index in [0.717, 1.165) is 25.7 Å². The van der Waals surface area contributed by atoms with E-state index >= 15 is 0 Å². The van der Waals surface area contributed by atoms with Crippen LogP contribution in [0.5, 0.6) is 0 Å². The number of rotatable bonds is 4. The molecule has 0 amide bonds. The summed E-state index contributed by atoms with van der Waals surface area (Å²) in [5.41, 5.74) is 0.427. The Morgan fingerprint density at radius 1 is 1.45 bits per heavy atom. The summed E-state index contributed by atoms with van der Waals surface area (Å²) in [7, 11) is 1.69. The minimum Gasteiger partial charge on any atom is -0.362 e. The quantitative estimate of drug-likeness (QED) is 0.676. The molecule has 22 heavy (non-hydrogen) atoms. The van der Waals surface area contributed by atoms with Crippen molar-refractivity contribution in [3.05, 3.63) is 15.8 Å². The van der Waals surface area contributed by atoms with Gasteiger partial charge in [-0.3, -0.25) is 10.1 Å². The van der Waals surface area contributed by atoms with Crippen LogP contribution in [0.1, 0.15) is 37.8 Å². The third kappa shape index (κ3) is 2.80. The van der Waals surface area contributed by atoms with Gasteiger partial charge in [0.25, 0.3) is 0 Å². The molecule has 0 unspecified atom stereocenters. The SMILES string of the molecule is Cc1nn(C)c(NC[C@@H]2COC3(CCCCC3)O2)c1[N+](=O)[O-]. The smallest absolute Gasteiger partial charge is 0.333 e. The first kappa shape index (κ1) is 15.2. The monoisotopic (exact) mass is 310 g/mol. The maximum Gasteiger partial charge on any atom is 0.333 e. The van der Waals surface area contributed by atoms with Gasteiger partial charge in [-0.2, -0.15) is 5.10 Å². The lowest BCUT2D eigenvalue weighted by Gasteiger charge is -2.31. The van der Waals surface area contributed by atoms with Crippen LogP contribution in [0.25, 0.3) is 0 Å². The number of nitro groups is 1. The van der Waals surface area contributed by atoms with Crippen molar-refractivity contribution >= 4 is 11.5 Å². The summed E-state index contributed by atoms with van der Waals surface area (Å²) in [5.74, 6) is -0.00507. The fraction of sp³-hybridized carbons (Fsp3) is 0.786. The zero-order chi connectivity index (χ0) is 15.7. The van der Waals surface area contributed by atoms with Crippen LogP contribution in [0.15, 0.2) is 0 Å². The van der Waals surface area contributed by atoms with Crippen LogP contribution in [0.4, 0.5) is 11.5 Å². The molecule has 0 bridgehead atoms. The molecule has 1 aliphatic carbocycles. The Morgan fingerprint density at radius 3 is 2.86 bits per heavy atom. The molecule has 8 nitrogen and oxygen atoms in total. The average molecular weight is 310 g/mol. The molecular formula is C14H22N4O4. The average Bonchev–Trinajstić information content (AvgIpc) is 2.98. The molecule has 1 N–H and O–H groups in total. The normalized spacial score (nSPS) is 23.8. The molecule has 0 aromatic carbocycles. The van der Waals surface area contributed by atoms with E-state index < -0.39 is 10.7 Å². The molecule has 2 heterocycles. The predicted octanol–water partition coefficient (Wildman–Crippen LogP) is 2.12.